The minimum Gasteiger partial charge on any atom is -0.324 e. The monoisotopic (exact) mass is 626 g/mol. The van der Waals surface area contributed by atoms with Gasteiger partial charge in [-0.2, -0.15) is 4.72 Å². The van der Waals surface area contributed by atoms with Crippen molar-refractivity contribution in [2.75, 3.05) is 5.32 Å². The molecule has 0 aliphatic heterocycles. The van der Waals surface area contributed by atoms with Gasteiger partial charge in [-0.1, -0.05) is 60.1 Å². The fourth-order valence-corrected chi connectivity index (χ4v) is 5.19. The Morgan fingerprint density at radius 1 is 1.00 bits per heavy atom. The molecule has 0 fully saturated rings. The minimum atomic E-state index is -3.89. The van der Waals surface area contributed by atoms with Crippen LogP contribution < -0.4 is 10.0 Å². The summed E-state index contributed by atoms with van der Waals surface area (Å²) < 4.78 is 30.5. The van der Waals surface area contributed by atoms with Crippen LogP contribution in [-0.2, 0) is 21.2 Å². The predicted molar refractivity (Wildman–Crippen MR) is 140 cm³/mol. The fourth-order valence-electron chi connectivity index (χ4n) is 3.25. The molecule has 1 amide bonds. The van der Waals surface area contributed by atoms with Crippen LogP contribution in [0, 0.1) is 3.57 Å². The van der Waals surface area contributed by atoms with Gasteiger partial charge >= 0.3 is 0 Å². The van der Waals surface area contributed by atoms with Gasteiger partial charge < -0.3 is 5.32 Å². The van der Waals surface area contributed by atoms with Gasteiger partial charge in [0.05, 0.1) is 4.90 Å². The second kappa shape index (κ2) is 10.9. The molecule has 0 aliphatic rings. The third-order valence-electron chi connectivity index (χ3n) is 4.91. The summed E-state index contributed by atoms with van der Waals surface area (Å²) in [6.07, 6.45) is 0.226. The standard InChI is InChI=1S/C24H24BrIN2O3S/c1-16(2)21-15-18(25)8-13-22(21)27-24(29)23(14-17-6-4-3-5-7-17)28-32(30,31)20-11-9-19(26)10-12-20/h3-13,15-16,23,28H,14H2,1-2H3,(H,27,29)/t23-/m1/s1. The zero-order valence-corrected chi connectivity index (χ0v) is 22.2. The number of hydrogen-bond acceptors (Lipinski definition) is 3. The summed E-state index contributed by atoms with van der Waals surface area (Å²) in [6.45, 7) is 4.08. The molecule has 5 nitrogen and oxygen atoms in total. The number of hydrogen-bond donors (Lipinski definition) is 2. The number of anilines is 1. The number of sulfonamides is 1. The largest absolute Gasteiger partial charge is 0.324 e. The molecule has 168 valence electrons. The highest BCUT2D eigenvalue weighted by Gasteiger charge is 2.27. The summed E-state index contributed by atoms with van der Waals surface area (Å²) >= 11 is 5.59. The van der Waals surface area contributed by atoms with Crippen molar-refractivity contribution >= 4 is 60.1 Å². The first kappa shape index (κ1) is 24.9. The summed E-state index contributed by atoms with van der Waals surface area (Å²) in [5, 5.41) is 2.93. The van der Waals surface area contributed by atoms with Crippen LogP contribution in [0.4, 0.5) is 5.69 Å². The maximum atomic E-state index is 13.3. The molecule has 0 radical (unpaired) electrons. The number of carbonyl (C=O) groups excluding carboxylic acids is 1. The molecule has 2 N–H and O–H groups in total. The van der Waals surface area contributed by atoms with E-state index in [0.29, 0.717) is 5.69 Å². The molecule has 0 aromatic heterocycles. The Balaban J connectivity index is 1.90. The van der Waals surface area contributed by atoms with Gasteiger partial charge in [0.2, 0.25) is 15.9 Å². The van der Waals surface area contributed by atoms with Gasteiger partial charge in [0.25, 0.3) is 0 Å². The van der Waals surface area contributed by atoms with Crippen molar-refractivity contribution in [3.63, 3.8) is 0 Å². The number of nitrogens with one attached hydrogen (secondary N) is 2. The smallest absolute Gasteiger partial charge is 0.242 e. The summed E-state index contributed by atoms with van der Waals surface area (Å²) in [4.78, 5) is 13.4. The summed E-state index contributed by atoms with van der Waals surface area (Å²) in [5.74, 6) is -0.231. The van der Waals surface area contributed by atoms with E-state index in [1.54, 1.807) is 12.1 Å². The Hall–Kier alpha value is -1.75. The maximum absolute atomic E-state index is 13.3. The van der Waals surface area contributed by atoms with Gasteiger partial charge in [-0.25, -0.2) is 8.42 Å². The van der Waals surface area contributed by atoms with Gasteiger partial charge in [-0.3, -0.25) is 4.79 Å². The van der Waals surface area contributed by atoms with Crippen LogP contribution in [0.25, 0.3) is 0 Å². The van der Waals surface area contributed by atoms with Crippen molar-refractivity contribution in [3.05, 3.63) is 92.0 Å². The molecular formula is C24H24BrIN2O3S. The van der Waals surface area contributed by atoms with Crippen molar-refractivity contribution in [1.29, 1.82) is 0 Å². The Bertz CT molecular complexity index is 1180. The SMILES string of the molecule is CC(C)c1cc(Br)ccc1NC(=O)[C@@H](Cc1ccccc1)NS(=O)(=O)c1ccc(I)cc1. The number of benzene rings is 3. The molecule has 0 bridgehead atoms. The lowest BCUT2D eigenvalue weighted by Gasteiger charge is -2.21. The van der Waals surface area contributed by atoms with Crippen LogP contribution in [0.15, 0.2) is 82.2 Å². The molecule has 3 rings (SSSR count). The molecular weight excluding hydrogens is 603 g/mol. The number of rotatable bonds is 8. The van der Waals surface area contributed by atoms with E-state index in [0.717, 1.165) is 19.2 Å². The molecule has 0 heterocycles. The van der Waals surface area contributed by atoms with Crippen LogP contribution in [-0.4, -0.2) is 20.4 Å². The normalized spacial score (nSPS) is 12.5. The van der Waals surface area contributed by atoms with E-state index >= 15 is 0 Å². The number of carbonyl (C=O) groups is 1. The van der Waals surface area contributed by atoms with Crippen molar-refractivity contribution < 1.29 is 13.2 Å². The predicted octanol–water partition coefficient (Wildman–Crippen LogP) is 5.71. The number of amides is 1. The van der Waals surface area contributed by atoms with E-state index in [2.05, 4.69) is 48.6 Å². The Kier molecular flexibility index (Phi) is 8.49. The molecule has 0 saturated carbocycles. The first-order valence-corrected chi connectivity index (χ1v) is 13.4. The third-order valence-corrected chi connectivity index (χ3v) is 7.61. The molecule has 1 atom stereocenters. The highest BCUT2D eigenvalue weighted by atomic mass is 127. The van der Waals surface area contributed by atoms with Crippen molar-refractivity contribution in [3.8, 4) is 0 Å². The van der Waals surface area contributed by atoms with Crippen LogP contribution in [0.5, 0.6) is 0 Å². The van der Waals surface area contributed by atoms with E-state index in [9.17, 15) is 13.2 Å². The van der Waals surface area contributed by atoms with Crippen LogP contribution in [0.1, 0.15) is 30.9 Å². The lowest BCUT2D eigenvalue weighted by molar-refractivity contribution is -0.117. The molecule has 3 aromatic carbocycles. The van der Waals surface area contributed by atoms with Crippen molar-refractivity contribution in [2.24, 2.45) is 0 Å². The van der Waals surface area contributed by atoms with Gasteiger partial charge in [-0.15, -0.1) is 0 Å². The van der Waals surface area contributed by atoms with Crippen molar-refractivity contribution in [1.82, 2.24) is 4.72 Å². The summed E-state index contributed by atoms with van der Waals surface area (Å²) in [6, 6.07) is 20.5. The highest BCUT2D eigenvalue weighted by Crippen LogP contribution is 2.28. The van der Waals surface area contributed by atoms with Crippen LogP contribution >= 0.6 is 38.5 Å². The Morgan fingerprint density at radius 2 is 1.66 bits per heavy atom. The summed E-state index contributed by atoms with van der Waals surface area (Å²) in [5.41, 5.74) is 2.49. The first-order chi connectivity index (χ1) is 15.2. The summed E-state index contributed by atoms with van der Waals surface area (Å²) in [7, 11) is -3.89. The van der Waals surface area contributed by atoms with E-state index in [1.807, 2.05) is 62.4 Å². The van der Waals surface area contributed by atoms with E-state index in [1.165, 1.54) is 12.1 Å². The highest BCUT2D eigenvalue weighted by molar-refractivity contribution is 14.1. The van der Waals surface area contributed by atoms with E-state index in [4.69, 9.17) is 0 Å². The van der Waals surface area contributed by atoms with Gasteiger partial charge in [-0.05, 0) is 88.5 Å². The minimum absolute atomic E-state index is 0.121. The quantitative estimate of drug-likeness (QED) is 0.315. The van der Waals surface area contributed by atoms with Crippen LogP contribution in [0.2, 0.25) is 0 Å². The zero-order chi connectivity index (χ0) is 23.3. The van der Waals surface area contributed by atoms with E-state index in [-0.39, 0.29) is 17.2 Å². The molecule has 8 heteroatoms. The average Bonchev–Trinajstić information content (AvgIpc) is 2.75. The topological polar surface area (TPSA) is 75.3 Å². The lowest BCUT2D eigenvalue weighted by Crippen LogP contribution is -2.45. The van der Waals surface area contributed by atoms with Gasteiger partial charge in [0.15, 0.2) is 0 Å². The fraction of sp³-hybridized carbons (Fsp3) is 0.208. The van der Waals surface area contributed by atoms with Gasteiger partial charge in [0.1, 0.15) is 6.04 Å². The third kappa shape index (κ3) is 6.63. The lowest BCUT2D eigenvalue weighted by atomic mass is 10.0. The maximum Gasteiger partial charge on any atom is 0.242 e. The molecule has 0 spiro atoms. The molecule has 0 aliphatic carbocycles. The molecule has 3 aromatic rings. The number of halogens is 2. The second-order valence-electron chi connectivity index (χ2n) is 7.69. The zero-order valence-electron chi connectivity index (χ0n) is 17.7. The molecule has 0 saturated heterocycles. The Labute approximate surface area is 211 Å². The molecule has 0 unspecified atom stereocenters. The first-order valence-electron chi connectivity index (χ1n) is 10.1. The second-order valence-corrected chi connectivity index (χ2v) is 11.6. The Morgan fingerprint density at radius 3 is 2.28 bits per heavy atom. The van der Waals surface area contributed by atoms with Gasteiger partial charge in [0, 0.05) is 13.7 Å². The van der Waals surface area contributed by atoms with Crippen molar-refractivity contribution in [2.45, 2.75) is 37.1 Å². The van der Waals surface area contributed by atoms with E-state index < -0.39 is 22.0 Å². The average molecular weight is 627 g/mol. The van der Waals surface area contributed by atoms with Crippen LogP contribution in [0.3, 0.4) is 0 Å². The molecule has 32 heavy (non-hydrogen) atoms.